The molecule has 9 nitrogen and oxygen atoms in total. The number of aromatic nitrogens is 1. The summed E-state index contributed by atoms with van der Waals surface area (Å²) in [5.74, 6) is 0.0555. The number of hydrogen-bond donors (Lipinski definition) is 2. The Balaban J connectivity index is 1.37. The Hall–Kier alpha value is -3.46. The van der Waals surface area contributed by atoms with Gasteiger partial charge in [-0.3, -0.25) is 14.9 Å². The minimum atomic E-state index is -0.782. The van der Waals surface area contributed by atoms with Crippen molar-refractivity contribution < 1.29 is 14.4 Å². The Morgan fingerprint density at radius 3 is 2.58 bits per heavy atom. The van der Waals surface area contributed by atoms with E-state index in [0.29, 0.717) is 35.9 Å². The molecule has 4 rings (SSSR count). The maximum absolute atomic E-state index is 12.8. The molecule has 2 aliphatic rings. The highest BCUT2D eigenvalue weighted by Gasteiger charge is 2.33. The van der Waals surface area contributed by atoms with Crippen LogP contribution in [0.2, 0.25) is 5.02 Å². The number of nitrogens with one attached hydrogen (secondary N) is 2. The number of anilines is 3. The molecule has 0 aliphatic carbocycles. The Bertz CT molecular complexity index is 1010. The van der Waals surface area contributed by atoms with Crippen LogP contribution >= 0.6 is 11.6 Å². The molecule has 1 aromatic carbocycles. The quantitative estimate of drug-likeness (QED) is 0.758. The highest BCUT2D eigenvalue weighted by molar-refractivity contribution is 6.30. The van der Waals surface area contributed by atoms with Crippen LogP contribution in [0.4, 0.5) is 22.0 Å². The molecular weight excluding hydrogens is 420 g/mol. The van der Waals surface area contributed by atoms with Crippen molar-refractivity contribution >= 4 is 52.9 Å². The lowest BCUT2D eigenvalue weighted by Crippen LogP contribution is -2.43. The Morgan fingerprint density at radius 1 is 1.06 bits per heavy atom. The number of pyridine rings is 1. The molecule has 0 saturated carbocycles. The number of carbonyl (C=O) groups excluding carboxylic acids is 3. The van der Waals surface area contributed by atoms with Gasteiger partial charge in [0.25, 0.3) is 0 Å². The molecule has 0 radical (unpaired) electrons. The molecule has 160 valence electrons. The molecule has 4 amide bonds. The van der Waals surface area contributed by atoms with Crippen LogP contribution in [0, 0.1) is 0 Å². The van der Waals surface area contributed by atoms with E-state index >= 15 is 0 Å². The summed E-state index contributed by atoms with van der Waals surface area (Å²) in [6, 6.07) is 8.91. The van der Waals surface area contributed by atoms with Gasteiger partial charge in [-0.05, 0) is 49.2 Å². The molecule has 10 heteroatoms. The summed E-state index contributed by atoms with van der Waals surface area (Å²) in [6.07, 6.45) is 5.69. The van der Waals surface area contributed by atoms with Gasteiger partial charge in [0.2, 0.25) is 11.8 Å². The average molecular weight is 441 g/mol. The van der Waals surface area contributed by atoms with E-state index < -0.39 is 12.1 Å². The van der Waals surface area contributed by atoms with Gasteiger partial charge < -0.3 is 10.2 Å². The smallest absolute Gasteiger partial charge is 0.324 e. The first kappa shape index (κ1) is 20.8. The molecule has 31 heavy (non-hydrogen) atoms. The molecule has 2 N–H and O–H groups in total. The van der Waals surface area contributed by atoms with Crippen LogP contribution in [0.15, 0.2) is 47.7 Å². The number of halogens is 1. The highest BCUT2D eigenvalue weighted by atomic mass is 35.5. The van der Waals surface area contributed by atoms with Crippen LogP contribution in [0.25, 0.3) is 0 Å². The van der Waals surface area contributed by atoms with Gasteiger partial charge in [-0.25, -0.2) is 14.8 Å². The van der Waals surface area contributed by atoms with E-state index in [4.69, 9.17) is 11.6 Å². The molecule has 1 aromatic heterocycles. The Kier molecular flexibility index (Phi) is 6.13. The minimum Gasteiger partial charge on any atom is -0.324 e. The zero-order valence-electron chi connectivity index (χ0n) is 16.6. The highest BCUT2D eigenvalue weighted by Crippen LogP contribution is 2.23. The van der Waals surface area contributed by atoms with E-state index in [2.05, 4.69) is 20.7 Å². The third kappa shape index (κ3) is 4.83. The summed E-state index contributed by atoms with van der Waals surface area (Å²) in [4.78, 5) is 43.1. The number of carbonyl (C=O) groups is 3. The molecule has 3 heterocycles. The maximum atomic E-state index is 12.8. The zero-order chi connectivity index (χ0) is 21.8. The molecule has 0 bridgehead atoms. The van der Waals surface area contributed by atoms with Gasteiger partial charge in [0.05, 0.1) is 5.02 Å². The summed E-state index contributed by atoms with van der Waals surface area (Å²) in [5, 5.41) is 11.0. The van der Waals surface area contributed by atoms with Crippen LogP contribution in [-0.4, -0.2) is 46.6 Å². The molecule has 1 saturated heterocycles. The lowest BCUT2D eigenvalue weighted by molar-refractivity contribution is -0.120. The van der Waals surface area contributed by atoms with Crippen molar-refractivity contribution in [3.05, 3.63) is 47.6 Å². The second-order valence-corrected chi connectivity index (χ2v) is 7.66. The summed E-state index contributed by atoms with van der Waals surface area (Å²) in [7, 11) is 0. The lowest BCUT2D eigenvalue weighted by Gasteiger charge is -2.27. The second-order valence-electron chi connectivity index (χ2n) is 7.22. The topological polar surface area (TPSA) is 107 Å². The molecule has 1 atom stereocenters. The largest absolute Gasteiger partial charge is 0.344 e. The number of rotatable bonds is 4. The second kappa shape index (κ2) is 9.13. The van der Waals surface area contributed by atoms with Crippen molar-refractivity contribution in [1.29, 1.82) is 0 Å². The summed E-state index contributed by atoms with van der Waals surface area (Å²) in [6.45, 7) is 0.705. The van der Waals surface area contributed by atoms with Gasteiger partial charge in [0.1, 0.15) is 11.9 Å². The third-order valence-corrected chi connectivity index (χ3v) is 5.30. The van der Waals surface area contributed by atoms with Crippen LogP contribution in [-0.2, 0) is 9.59 Å². The molecule has 1 fully saturated rings. The number of nitrogens with zero attached hydrogens (tertiary/aromatic N) is 4. The lowest BCUT2D eigenvalue weighted by atomic mass is 10.1. The molecular formula is C21H21ClN6O3. The van der Waals surface area contributed by atoms with Crippen LogP contribution in [0.5, 0.6) is 0 Å². The number of benzene rings is 1. The fourth-order valence-electron chi connectivity index (χ4n) is 3.47. The van der Waals surface area contributed by atoms with E-state index in [1.165, 1.54) is 12.4 Å². The van der Waals surface area contributed by atoms with Crippen molar-refractivity contribution in [1.82, 2.24) is 9.99 Å². The van der Waals surface area contributed by atoms with E-state index in [0.717, 1.165) is 23.5 Å². The number of amides is 4. The first-order valence-electron chi connectivity index (χ1n) is 9.97. The first-order valence-corrected chi connectivity index (χ1v) is 10.3. The summed E-state index contributed by atoms with van der Waals surface area (Å²) >= 11 is 5.80. The Morgan fingerprint density at radius 2 is 1.87 bits per heavy atom. The van der Waals surface area contributed by atoms with Gasteiger partial charge in [0.15, 0.2) is 0 Å². The van der Waals surface area contributed by atoms with Crippen molar-refractivity contribution in [2.75, 3.05) is 22.1 Å². The summed E-state index contributed by atoms with van der Waals surface area (Å²) in [5.41, 5.74) is 1.38. The number of hydrogen-bond acceptors (Lipinski definition) is 5. The first-order chi connectivity index (χ1) is 15.0. The number of hydrazone groups is 1. The summed E-state index contributed by atoms with van der Waals surface area (Å²) < 4.78 is 0. The predicted molar refractivity (Wildman–Crippen MR) is 118 cm³/mol. The van der Waals surface area contributed by atoms with Gasteiger partial charge >= 0.3 is 6.03 Å². The number of urea groups is 1. The van der Waals surface area contributed by atoms with E-state index in [9.17, 15) is 14.4 Å². The third-order valence-electron chi connectivity index (χ3n) is 5.07. The van der Waals surface area contributed by atoms with Gasteiger partial charge in [-0.2, -0.15) is 5.10 Å². The normalized spacial score (nSPS) is 18.2. The fraction of sp³-hybridized carbons (Fsp3) is 0.286. The van der Waals surface area contributed by atoms with Gasteiger partial charge in [-0.15, -0.1) is 0 Å². The standard InChI is InChI=1S/C21H21ClN6O3/c22-14-4-9-18(23-13-14)26-21(31)28-17(10-11-24-28)20(30)25-15-5-7-16(8-6-15)27-12-2-1-3-19(27)29/h4-9,11,13,17H,1-3,10,12H2,(H,25,30)(H,23,26,31). The van der Waals surface area contributed by atoms with Crippen LogP contribution in [0.3, 0.4) is 0 Å². The van der Waals surface area contributed by atoms with Crippen molar-refractivity contribution in [2.45, 2.75) is 31.7 Å². The van der Waals surface area contributed by atoms with E-state index in [-0.39, 0.29) is 11.8 Å². The SMILES string of the molecule is O=C(Nc1ccc(N2CCCCC2=O)cc1)C1CC=NN1C(=O)Nc1ccc(Cl)cn1. The molecule has 1 unspecified atom stereocenters. The van der Waals surface area contributed by atoms with Crippen molar-refractivity contribution in [2.24, 2.45) is 5.10 Å². The average Bonchev–Trinajstić information content (AvgIpc) is 3.27. The predicted octanol–water partition coefficient (Wildman–Crippen LogP) is 3.48. The minimum absolute atomic E-state index is 0.114. The fourth-order valence-corrected chi connectivity index (χ4v) is 3.58. The molecule has 0 spiro atoms. The van der Waals surface area contributed by atoms with E-state index in [1.807, 2.05) is 0 Å². The Labute approximate surface area is 184 Å². The van der Waals surface area contributed by atoms with E-state index in [1.54, 1.807) is 41.3 Å². The maximum Gasteiger partial charge on any atom is 0.344 e. The number of piperidine rings is 1. The van der Waals surface area contributed by atoms with Gasteiger partial charge in [0, 0.05) is 43.2 Å². The monoisotopic (exact) mass is 440 g/mol. The van der Waals surface area contributed by atoms with Gasteiger partial charge in [-0.1, -0.05) is 11.6 Å². The van der Waals surface area contributed by atoms with Crippen LogP contribution < -0.4 is 15.5 Å². The molecule has 2 aliphatic heterocycles. The van der Waals surface area contributed by atoms with Crippen molar-refractivity contribution in [3.63, 3.8) is 0 Å². The zero-order valence-corrected chi connectivity index (χ0v) is 17.4. The van der Waals surface area contributed by atoms with Crippen LogP contribution in [0.1, 0.15) is 25.7 Å². The molecule has 2 aromatic rings. The van der Waals surface area contributed by atoms with Crippen molar-refractivity contribution in [3.8, 4) is 0 Å².